The van der Waals surface area contributed by atoms with Gasteiger partial charge in [0.05, 0.1) is 21.1 Å². The molecule has 0 heterocycles. The first kappa shape index (κ1) is 15.3. The van der Waals surface area contributed by atoms with Crippen molar-refractivity contribution in [3.05, 3.63) is 60.2 Å². The first-order chi connectivity index (χ1) is 10.9. The second-order valence-corrected chi connectivity index (χ2v) is 6.69. The monoisotopic (exact) mass is 305 g/mol. The molecule has 0 spiro atoms. The molecule has 0 unspecified atom stereocenters. The maximum Gasteiger partial charge on any atom is 0.150 e. The van der Waals surface area contributed by atoms with Gasteiger partial charge in [-0.05, 0) is 40.6 Å². The molecule has 0 aromatic heterocycles. The minimum absolute atomic E-state index is 0.695. The molecular weight excluding hydrogens is 284 g/mol. The number of nitrogen functional groups attached to an aromatic ring is 1. The zero-order chi connectivity index (χ0) is 16.6. The van der Waals surface area contributed by atoms with Gasteiger partial charge in [0.2, 0.25) is 0 Å². The number of rotatable bonds is 3. The number of anilines is 1. The normalized spacial score (nSPS) is 11.6. The van der Waals surface area contributed by atoms with Crippen LogP contribution in [0.3, 0.4) is 0 Å². The molecule has 0 atom stereocenters. The fraction of sp³-hybridized carbons (Fsp3) is 0.150. The predicted octanol–water partition coefficient (Wildman–Crippen LogP) is 4.10. The molecule has 0 aliphatic heterocycles. The van der Waals surface area contributed by atoms with E-state index in [1.54, 1.807) is 0 Å². The fourth-order valence-electron chi connectivity index (χ4n) is 2.81. The number of benzene rings is 3. The summed E-state index contributed by atoms with van der Waals surface area (Å²) in [5.41, 5.74) is 10.4. The van der Waals surface area contributed by atoms with Gasteiger partial charge < -0.3 is 5.73 Å². The molecule has 0 saturated heterocycles. The molecule has 0 aliphatic rings. The molecule has 0 fully saturated rings. The number of aldehydes is 1. The second-order valence-electron chi connectivity index (χ2n) is 6.69. The maximum atomic E-state index is 11.6. The van der Waals surface area contributed by atoms with Crippen molar-refractivity contribution in [1.82, 2.24) is 4.48 Å². The molecule has 2 N–H and O–H groups in total. The highest BCUT2D eigenvalue weighted by molar-refractivity contribution is 6.05. The lowest BCUT2D eigenvalue weighted by Gasteiger charge is -2.24. The molecule has 0 radical (unpaired) electrons. The lowest BCUT2D eigenvalue weighted by molar-refractivity contribution is 0.112. The predicted molar refractivity (Wildman–Crippen MR) is 98.7 cm³/mol. The third-order valence-electron chi connectivity index (χ3n) is 4.14. The quantitative estimate of drug-likeness (QED) is 0.450. The van der Waals surface area contributed by atoms with Gasteiger partial charge in [0.15, 0.2) is 6.29 Å². The van der Waals surface area contributed by atoms with Crippen LogP contribution in [-0.2, 0) is 0 Å². The third-order valence-corrected chi connectivity index (χ3v) is 4.14. The van der Waals surface area contributed by atoms with Crippen molar-refractivity contribution in [3.63, 3.8) is 0 Å². The molecule has 0 aliphatic carbocycles. The summed E-state index contributed by atoms with van der Waals surface area (Å²) in [6, 6.07) is 18.0. The van der Waals surface area contributed by atoms with Crippen LogP contribution in [0.5, 0.6) is 0 Å². The van der Waals surface area contributed by atoms with Crippen LogP contribution in [0.4, 0.5) is 11.4 Å². The summed E-state index contributed by atoms with van der Waals surface area (Å²) in [4.78, 5) is 11.6. The van der Waals surface area contributed by atoms with Gasteiger partial charge in [0.25, 0.3) is 0 Å². The minimum atomic E-state index is 0.695. The molecule has 3 rings (SSSR count). The molecular formula is C20H21N2O+. The lowest BCUT2D eigenvalue weighted by Crippen LogP contribution is -2.34. The first-order valence-electron chi connectivity index (χ1n) is 7.60. The van der Waals surface area contributed by atoms with E-state index in [1.165, 1.54) is 5.69 Å². The fourth-order valence-corrected chi connectivity index (χ4v) is 2.81. The van der Waals surface area contributed by atoms with Crippen LogP contribution in [0, 0.1) is 0 Å². The Morgan fingerprint density at radius 1 is 0.913 bits per heavy atom. The van der Waals surface area contributed by atoms with Crippen LogP contribution in [-0.4, -0.2) is 27.4 Å². The summed E-state index contributed by atoms with van der Waals surface area (Å²) in [5.74, 6) is 0. The Balaban J connectivity index is 2.36. The van der Waals surface area contributed by atoms with Crippen molar-refractivity contribution in [2.24, 2.45) is 0 Å². The first-order valence-corrected chi connectivity index (χ1v) is 7.60. The van der Waals surface area contributed by atoms with E-state index in [4.69, 9.17) is 5.73 Å². The van der Waals surface area contributed by atoms with Gasteiger partial charge in [0.1, 0.15) is 5.69 Å². The molecule has 116 valence electrons. The van der Waals surface area contributed by atoms with Gasteiger partial charge in [-0.1, -0.05) is 24.3 Å². The highest BCUT2D eigenvalue weighted by Crippen LogP contribution is 2.34. The number of carbonyl (C=O) groups is 1. The van der Waals surface area contributed by atoms with Gasteiger partial charge in [-0.15, -0.1) is 0 Å². The second kappa shape index (κ2) is 5.52. The number of nitrogens with two attached hydrogens (primary N) is 1. The number of nitrogens with zero attached hydrogens (tertiary/aromatic N) is 1. The summed E-state index contributed by atoms with van der Waals surface area (Å²) in [5, 5.41) is 2.21. The molecule has 0 saturated carbocycles. The number of hydrogen-bond acceptors (Lipinski definition) is 2. The van der Waals surface area contributed by atoms with Crippen LogP contribution in [0.15, 0.2) is 54.6 Å². The van der Waals surface area contributed by atoms with E-state index in [-0.39, 0.29) is 0 Å². The van der Waals surface area contributed by atoms with Gasteiger partial charge in [-0.25, -0.2) is 0 Å². The third kappa shape index (κ3) is 2.83. The van der Waals surface area contributed by atoms with Crippen molar-refractivity contribution in [1.29, 1.82) is 0 Å². The van der Waals surface area contributed by atoms with Gasteiger partial charge >= 0.3 is 0 Å². The van der Waals surface area contributed by atoms with Crippen LogP contribution < -0.4 is 10.2 Å². The summed E-state index contributed by atoms with van der Waals surface area (Å²) < 4.78 is 0.725. The van der Waals surface area contributed by atoms with Crippen molar-refractivity contribution in [2.45, 2.75) is 0 Å². The Hall–Kier alpha value is -2.65. The molecule has 3 aromatic rings. The van der Waals surface area contributed by atoms with Crippen LogP contribution in [0.25, 0.3) is 21.9 Å². The number of fused-ring (bicyclic) bond motifs is 1. The van der Waals surface area contributed by atoms with Crippen LogP contribution in [0.1, 0.15) is 10.4 Å². The Labute approximate surface area is 136 Å². The Morgan fingerprint density at radius 2 is 1.57 bits per heavy atom. The lowest BCUT2D eigenvalue weighted by atomic mass is 9.93. The molecule has 3 aromatic carbocycles. The standard InChI is InChI=1S/C20H20N2O/c1-22(2,3)18-11-8-14-4-5-16(13-23)20(19(14)12-18)15-6-9-17(21)10-7-15/h4-13H,1-3H3,(H-,21,23)/p+1. The largest absolute Gasteiger partial charge is 0.399 e. The van der Waals surface area contributed by atoms with Crippen LogP contribution in [0.2, 0.25) is 0 Å². The molecule has 0 amide bonds. The van der Waals surface area contributed by atoms with E-state index < -0.39 is 0 Å². The van der Waals surface area contributed by atoms with Gasteiger partial charge in [0, 0.05) is 22.9 Å². The molecule has 23 heavy (non-hydrogen) atoms. The topological polar surface area (TPSA) is 43.1 Å². The summed E-state index contributed by atoms with van der Waals surface area (Å²) in [6.07, 6.45) is 0.920. The van der Waals surface area contributed by atoms with E-state index in [9.17, 15) is 4.79 Å². The van der Waals surface area contributed by atoms with E-state index in [2.05, 4.69) is 39.3 Å². The highest BCUT2D eigenvalue weighted by Gasteiger charge is 2.16. The summed E-state index contributed by atoms with van der Waals surface area (Å²) in [7, 11) is 6.40. The van der Waals surface area contributed by atoms with Crippen molar-refractivity contribution in [3.8, 4) is 11.1 Å². The van der Waals surface area contributed by atoms with Crippen LogP contribution >= 0.6 is 0 Å². The summed E-state index contributed by atoms with van der Waals surface area (Å²) >= 11 is 0. The molecule has 0 bridgehead atoms. The minimum Gasteiger partial charge on any atom is -0.399 e. The van der Waals surface area contributed by atoms with Crippen molar-refractivity contribution in [2.75, 3.05) is 26.9 Å². The van der Waals surface area contributed by atoms with E-state index in [0.29, 0.717) is 11.3 Å². The van der Waals surface area contributed by atoms with E-state index in [0.717, 1.165) is 32.7 Å². The maximum absolute atomic E-state index is 11.6. The number of carbonyl (C=O) groups excluding carboxylic acids is 1. The summed E-state index contributed by atoms with van der Waals surface area (Å²) in [6.45, 7) is 0. The molecule has 3 nitrogen and oxygen atoms in total. The number of hydrogen-bond donors (Lipinski definition) is 1. The zero-order valence-corrected chi connectivity index (χ0v) is 13.7. The Kier molecular flexibility index (Phi) is 3.66. The van der Waals surface area contributed by atoms with E-state index >= 15 is 0 Å². The van der Waals surface area contributed by atoms with Crippen molar-refractivity contribution < 1.29 is 4.79 Å². The average Bonchev–Trinajstić information content (AvgIpc) is 2.53. The van der Waals surface area contributed by atoms with Crippen molar-refractivity contribution >= 4 is 28.4 Å². The highest BCUT2D eigenvalue weighted by atomic mass is 16.1. The SMILES string of the molecule is C[N+](C)(C)c1ccc2ccc(C=O)c(-c3ccc(N)cc3)c2c1. The number of quaternary nitrogens is 1. The average molecular weight is 305 g/mol. The van der Waals surface area contributed by atoms with Gasteiger partial charge in [-0.3, -0.25) is 9.28 Å². The zero-order valence-electron chi connectivity index (χ0n) is 13.7. The Morgan fingerprint density at radius 3 is 2.17 bits per heavy atom. The van der Waals surface area contributed by atoms with Gasteiger partial charge in [-0.2, -0.15) is 0 Å². The molecule has 3 heteroatoms. The smallest absolute Gasteiger partial charge is 0.150 e. The Bertz CT molecular complexity index is 875. The van der Waals surface area contributed by atoms with E-state index in [1.807, 2.05) is 36.4 Å².